The quantitative estimate of drug-likeness (QED) is 0.697. The van der Waals surface area contributed by atoms with Crippen molar-refractivity contribution in [3.05, 3.63) is 0 Å². The summed E-state index contributed by atoms with van der Waals surface area (Å²) in [5, 5.41) is 0. The second kappa shape index (κ2) is 6.26. The van der Waals surface area contributed by atoms with Gasteiger partial charge >= 0.3 is 0 Å². The first kappa shape index (κ1) is 12.7. The maximum atomic E-state index is 11.3. The molecule has 1 rings (SSSR count). The van der Waals surface area contributed by atoms with E-state index < -0.39 is 0 Å². The van der Waals surface area contributed by atoms with Crippen LogP contribution >= 0.6 is 0 Å². The van der Waals surface area contributed by atoms with Gasteiger partial charge in [-0.2, -0.15) is 0 Å². The lowest BCUT2D eigenvalue weighted by Gasteiger charge is -2.34. The van der Waals surface area contributed by atoms with Gasteiger partial charge < -0.3 is 0 Å². The van der Waals surface area contributed by atoms with Gasteiger partial charge in [-0.3, -0.25) is 9.69 Å². The fraction of sp³-hybridized carbons (Fsp3) is 0.923. The third kappa shape index (κ3) is 3.94. The highest BCUT2D eigenvalue weighted by Gasteiger charge is 2.23. The fourth-order valence-electron chi connectivity index (χ4n) is 2.51. The van der Waals surface area contributed by atoms with Crippen LogP contribution in [0.25, 0.3) is 0 Å². The van der Waals surface area contributed by atoms with Gasteiger partial charge in [0.2, 0.25) is 0 Å². The van der Waals surface area contributed by atoms with E-state index in [1.165, 1.54) is 32.1 Å². The van der Waals surface area contributed by atoms with Crippen LogP contribution < -0.4 is 0 Å². The van der Waals surface area contributed by atoms with E-state index in [4.69, 9.17) is 0 Å². The summed E-state index contributed by atoms with van der Waals surface area (Å²) < 4.78 is 0. The Morgan fingerprint density at radius 2 is 1.80 bits per heavy atom. The average molecular weight is 211 g/mol. The van der Waals surface area contributed by atoms with E-state index >= 15 is 0 Å². The molecule has 0 heterocycles. The number of Topliss-reactive ketones (excluding diaryl/α,β-unsaturated/α-hetero) is 1. The molecule has 0 atom stereocenters. The Labute approximate surface area is 94.0 Å². The van der Waals surface area contributed by atoms with Crippen molar-refractivity contribution in [3.8, 4) is 0 Å². The van der Waals surface area contributed by atoms with Crippen LogP contribution in [0.2, 0.25) is 0 Å². The summed E-state index contributed by atoms with van der Waals surface area (Å²) in [6.07, 6.45) is 7.27. The molecule has 1 aliphatic rings. The van der Waals surface area contributed by atoms with Crippen molar-refractivity contribution in [3.63, 3.8) is 0 Å². The van der Waals surface area contributed by atoms with Gasteiger partial charge in [0.05, 0.1) is 6.54 Å². The second-order valence-corrected chi connectivity index (χ2v) is 4.89. The van der Waals surface area contributed by atoms with E-state index in [0.29, 0.717) is 24.8 Å². The van der Waals surface area contributed by atoms with Crippen LogP contribution in [0.15, 0.2) is 0 Å². The van der Waals surface area contributed by atoms with Crippen LogP contribution in [0, 0.1) is 5.92 Å². The zero-order valence-corrected chi connectivity index (χ0v) is 10.5. The molecule has 0 aromatic carbocycles. The molecule has 1 saturated carbocycles. The van der Waals surface area contributed by atoms with Crippen LogP contribution in [0.3, 0.4) is 0 Å². The maximum absolute atomic E-state index is 11.3. The molecule has 0 unspecified atom stereocenters. The average Bonchev–Trinajstić information content (AvgIpc) is 2.29. The maximum Gasteiger partial charge on any atom is 0.146 e. The number of hydrogen-bond acceptors (Lipinski definition) is 2. The lowest BCUT2D eigenvalue weighted by molar-refractivity contribution is -0.120. The van der Waals surface area contributed by atoms with Crippen molar-refractivity contribution in [1.29, 1.82) is 0 Å². The predicted molar refractivity (Wildman–Crippen MR) is 64.0 cm³/mol. The molecule has 1 aliphatic carbocycles. The number of ketones is 1. The second-order valence-electron chi connectivity index (χ2n) is 4.89. The SMILES string of the molecule is CCC(=O)CN(C)C1CCC(CC)CC1. The van der Waals surface area contributed by atoms with Crippen LogP contribution in [0.1, 0.15) is 52.4 Å². The van der Waals surface area contributed by atoms with Crippen molar-refractivity contribution in [2.75, 3.05) is 13.6 Å². The molecule has 0 saturated heterocycles. The number of nitrogens with zero attached hydrogens (tertiary/aromatic N) is 1. The first-order valence-electron chi connectivity index (χ1n) is 6.39. The Balaban J connectivity index is 2.29. The van der Waals surface area contributed by atoms with E-state index in [0.717, 1.165) is 5.92 Å². The van der Waals surface area contributed by atoms with Crippen molar-refractivity contribution in [2.24, 2.45) is 5.92 Å². The molecule has 0 aromatic heterocycles. The van der Waals surface area contributed by atoms with Crippen LogP contribution in [0.4, 0.5) is 0 Å². The number of rotatable bonds is 5. The highest BCUT2D eigenvalue weighted by Crippen LogP contribution is 2.28. The third-order valence-corrected chi connectivity index (χ3v) is 3.84. The van der Waals surface area contributed by atoms with Gasteiger partial charge in [-0.25, -0.2) is 0 Å². The summed E-state index contributed by atoms with van der Waals surface area (Å²) in [5.74, 6) is 1.31. The van der Waals surface area contributed by atoms with Crippen molar-refractivity contribution in [2.45, 2.75) is 58.4 Å². The van der Waals surface area contributed by atoms with Gasteiger partial charge in [-0.05, 0) is 38.6 Å². The summed E-state index contributed by atoms with van der Waals surface area (Å²) in [7, 11) is 2.10. The Bertz CT molecular complexity index is 195. The minimum absolute atomic E-state index is 0.370. The van der Waals surface area contributed by atoms with E-state index in [2.05, 4.69) is 18.9 Å². The Morgan fingerprint density at radius 1 is 1.20 bits per heavy atom. The van der Waals surface area contributed by atoms with Gasteiger partial charge in [-0.1, -0.05) is 20.3 Å². The van der Waals surface area contributed by atoms with Gasteiger partial charge in [0, 0.05) is 12.5 Å². The molecule has 2 nitrogen and oxygen atoms in total. The number of carbonyl (C=O) groups is 1. The summed E-state index contributed by atoms with van der Waals surface area (Å²) in [5.41, 5.74) is 0. The van der Waals surface area contributed by atoms with Gasteiger partial charge in [0.15, 0.2) is 0 Å². The van der Waals surface area contributed by atoms with E-state index in [1.54, 1.807) is 0 Å². The molecule has 0 bridgehead atoms. The molecule has 0 N–H and O–H groups in total. The van der Waals surface area contributed by atoms with Crippen molar-refractivity contribution in [1.82, 2.24) is 4.90 Å². The minimum Gasteiger partial charge on any atom is -0.298 e. The Hall–Kier alpha value is -0.370. The highest BCUT2D eigenvalue weighted by atomic mass is 16.1. The topological polar surface area (TPSA) is 20.3 Å². The van der Waals surface area contributed by atoms with Crippen molar-refractivity contribution < 1.29 is 4.79 Å². The van der Waals surface area contributed by atoms with Crippen LogP contribution in [0.5, 0.6) is 0 Å². The lowest BCUT2D eigenvalue weighted by atomic mass is 9.84. The monoisotopic (exact) mass is 211 g/mol. The molecule has 0 spiro atoms. The lowest BCUT2D eigenvalue weighted by Crippen LogP contribution is -2.38. The molecule has 0 amide bonds. The summed E-state index contributed by atoms with van der Waals surface area (Å²) in [6, 6.07) is 0.656. The van der Waals surface area contributed by atoms with Crippen molar-refractivity contribution >= 4 is 5.78 Å². The molecular formula is C13H25NO. The van der Waals surface area contributed by atoms with Gasteiger partial charge in [-0.15, -0.1) is 0 Å². The Morgan fingerprint density at radius 3 is 2.27 bits per heavy atom. The molecule has 2 heteroatoms. The molecule has 88 valence electrons. The zero-order valence-electron chi connectivity index (χ0n) is 10.5. The molecular weight excluding hydrogens is 186 g/mol. The van der Waals surface area contributed by atoms with Crippen LogP contribution in [-0.4, -0.2) is 30.3 Å². The van der Waals surface area contributed by atoms with E-state index in [-0.39, 0.29) is 0 Å². The minimum atomic E-state index is 0.370. The summed E-state index contributed by atoms with van der Waals surface area (Å²) in [4.78, 5) is 13.6. The number of hydrogen-bond donors (Lipinski definition) is 0. The fourth-order valence-corrected chi connectivity index (χ4v) is 2.51. The third-order valence-electron chi connectivity index (χ3n) is 3.84. The van der Waals surface area contributed by atoms with E-state index in [9.17, 15) is 4.79 Å². The molecule has 1 fully saturated rings. The highest BCUT2D eigenvalue weighted by molar-refractivity contribution is 5.80. The van der Waals surface area contributed by atoms with Crippen LogP contribution in [-0.2, 0) is 4.79 Å². The molecule has 15 heavy (non-hydrogen) atoms. The summed E-state index contributed by atoms with van der Waals surface area (Å²) >= 11 is 0. The smallest absolute Gasteiger partial charge is 0.146 e. The molecule has 0 radical (unpaired) electrons. The number of carbonyl (C=O) groups excluding carboxylic acids is 1. The molecule has 0 aliphatic heterocycles. The predicted octanol–water partition coefficient (Wildman–Crippen LogP) is 2.87. The standard InChI is InChI=1S/C13H25NO/c1-4-11-6-8-12(9-7-11)14(3)10-13(15)5-2/h11-12H,4-10H2,1-3H3. The van der Waals surface area contributed by atoms with Gasteiger partial charge in [0.1, 0.15) is 5.78 Å². The largest absolute Gasteiger partial charge is 0.298 e. The first-order valence-corrected chi connectivity index (χ1v) is 6.39. The first-order chi connectivity index (χ1) is 7.17. The van der Waals surface area contributed by atoms with Gasteiger partial charge in [0.25, 0.3) is 0 Å². The summed E-state index contributed by atoms with van der Waals surface area (Å²) in [6.45, 7) is 4.89. The molecule has 0 aromatic rings. The zero-order chi connectivity index (χ0) is 11.3. The normalized spacial score (nSPS) is 26.9. The van der Waals surface area contributed by atoms with E-state index in [1.807, 2.05) is 6.92 Å². The Kier molecular flexibility index (Phi) is 5.30. The number of likely N-dealkylation sites (N-methyl/N-ethyl adjacent to an activating group) is 1.